The Bertz CT molecular complexity index is 700. The van der Waals surface area contributed by atoms with Gasteiger partial charge in [-0.3, -0.25) is 0 Å². The van der Waals surface area contributed by atoms with E-state index >= 15 is 0 Å². The number of aliphatic hydroxyl groups is 1. The Labute approximate surface area is 158 Å². The van der Waals surface area contributed by atoms with Gasteiger partial charge >= 0.3 is 0 Å². The molecular weight excluding hydrogens is 336 g/mol. The number of hydrogen-bond donors (Lipinski definition) is 1. The van der Waals surface area contributed by atoms with E-state index in [0.717, 1.165) is 0 Å². The van der Waals surface area contributed by atoms with Crippen LogP contribution in [0.4, 0.5) is 0 Å². The van der Waals surface area contributed by atoms with E-state index < -0.39 is 14.4 Å². The zero-order chi connectivity index (χ0) is 19.0. The monoisotopic (exact) mass is 364 g/mol. The molecule has 136 valence electrons. The highest BCUT2D eigenvalue weighted by atomic mass is 28.4. The van der Waals surface area contributed by atoms with Gasteiger partial charge < -0.3 is 9.53 Å². The highest BCUT2D eigenvalue weighted by Gasteiger charge is 2.49. The van der Waals surface area contributed by atoms with Crippen molar-refractivity contribution in [3.05, 3.63) is 72.8 Å². The van der Waals surface area contributed by atoms with Crippen LogP contribution in [0.2, 0.25) is 5.04 Å². The largest absolute Gasteiger partial charge is 0.404 e. The van der Waals surface area contributed by atoms with Gasteiger partial charge in [-0.05, 0) is 15.4 Å². The molecule has 0 radical (unpaired) electrons. The van der Waals surface area contributed by atoms with Gasteiger partial charge in [0.2, 0.25) is 0 Å². The van der Waals surface area contributed by atoms with Crippen LogP contribution in [-0.4, -0.2) is 26.1 Å². The Balaban J connectivity index is 2.43. The van der Waals surface area contributed by atoms with E-state index in [4.69, 9.17) is 10.8 Å². The Morgan fingerprint density at radius 2 is 1.54 bits per heavy atom. The van der Waals surface area contributed by atoms with E-state index in [2.05, 4.69) is 75.2 Å². The quantitative estimate of drug-likeness (QED) is 0.463. The molecule has 3 heteroatoms. The van der Waals surface area contributed by atoms with Crippen LogP contribution < -0.4 is 10.4 Å². The molecule has 1 N–H and O–H groups in total. The number of rotatable bonds is 7. The molecular formula is C23H28O2Si. The van der Waals surface area contributed by atoms with Crippen molar-refractivity contribution in [1.82, 2.24) is 0 Å². The molecule has 0 aromatic heterocycles. The van der Waals surface area contributed by atoms with E-state index in [9.17, 15) is 5.11 Å². The maximum absolute atomic E-state index is 9.80. The van der Waals surface area contributed by atoms with Gasteiger partial charge in [-0.2, -0.15) is 0 Å². The third-order valence-electron chi connectivity index (χ3n) is 4.50. The molecule has 0 saturated carbocycles. The van der Waals surface area contributed by atoms with Crippen LogP contribution in [-0.2, 0) is 4.43 Å². The zero-order valence-electron chi connectivity index (χ0n) is 15.9. The summed E-state index contributed by atoms with van der Waals surface area (Å²) in [5.74, 6) is 2.47. The Hall–Kier alpha value is -2.12. The lowest BCUT2D eigenvalue weighted by Crippen LogP contribution is -2.66. The van der Waals surface area contributed by atoms with Crippen molar-refractivity contribution in [3.8, 4) is 12.3 Å². The van der Waals surface area contributed by atoms with Crippen LogP contribution in [0.3, 0.4) is 0 Å². The molecule has 0 bridgehead atoms. The Morgan fingerprint density at radius 3 is 1.96 bits per heavy atom. The van der Waals surface area contributed by atoms with Crippen molar-refractivity contribution < 1.29 is 9.53 Å². The van der Waals surface area contributed by atoms with Crippen LogP contribution in [0, 0.1) is 12.3 Å². The minimum atomic E-state index is -2.51. The topological polar surface area (TPSA) is 29.5 Å². The summed E-state index contributed by atoms with van der Waals surface area (Å²) in [5.41, 5.74) is 0. The Kier molecular flexibility index (Phi) is 6.99. The fourth-order valence-electron chi connectivity index (χ4n) is 3.34. The first-order valence-corrected chi connectivity index (χ1v) is 10.9. The second-order valence-electron chi connectivity index (χ2n) is 7.38. The standard InChI is InChI=1S/C23H28O2Si/c1-5-13-20(24)14-12-19-25-26(23(2,3)4,21-15-8-6-9-16-21)22-17-10-7-11-18-22/h1,6-12,14-18,20,24H,13,19H2,2-4H3/b14-12+/t20-/m0/s1. The fourth-order valence-corrected chi connectivity index (χ4v) is 7.84. The molecule has 1 atom stereocenters. The molecule has 2 nitrogen and oxygen atoms in total. The highest BCUT2D eigenvalue weighted by Crippen LogP contribution is 2.36. The normalized spacial score (nSPS) is 13.5. The van der Waals surface area contributed by atoms with Gasteiger partial charge in [0.1, 0.15) is 0 Å². The minimum Gasteiger partial charge on any atom is -0.404 e. The zero-order valence-corrected chi connectivity index (χ0v) is 16.9. The molecule has 0 aliphatic heterocycles. The van der Waals surface area contributed by atoms with Gasteiger partial charge in [0.25, 0.3) is 8.32 Å². The van der Waals surface area contributed by atoms with Gasteiger partial charge in [0.15, 0.2) is 0 Å². The Morgan fingerprint density at radius 1 is 1.04 bits per heavy atom. The smallest absolute Gasteiger partial charge is 0.261 e. The van der Waals surface area contributed by atoms with Gasteiger partial charge in [-0.15, -0.1) is 12.3 Å². The number of benzene rings is 2. The summed E-state index contributed by atoms with van der Waals surface area (Å²) < 4.78 is 6.68. The van der Waals surface area contributed by atoms with E-state index in [0.29, 0.717) is 13.0 Å². The van der Waals surface area contributed by atoms with Crippen molar-refractivity contribution in [3.63, 3.8) is 0 Å². The van der Waals surface area contributed by atoms with Crippen LogP contribution in [0.25, 0.3) is 0 Å². The average Bonchev–Trinajstić information content (AvgIpc) is 2.62. The lowest BCUT2D eigenvalue weighted by atomic mass is 10.2. The van der Waals surface area contributed by atoms with Crippen LogP contribution in [0.5, 0.6) is 0 Å². The van der Waals surface area contributed by atoms with Crippen molar-refractivity contribution in [1.29, 1.82) is 0 Å². The number of terminal acetylenes is 1. The van der Waals surface area contributed by atoms with Crippen molar-refractivity contribution in [2.45, 2.75) is 38.3 Å². The summed E-state index contributed by atoms with van der Waals surface area (Å²) in [7, 11) is -2.51. The summed E-state index contributed by atoms with van der Waals surface area (Å²) in [5, 5.41) is 12.2. The maximum Gasteiger partial charge on any atom is 0.261 e. The summed E-state index contributed by atoms with van der Waals surface area (Å²) in [6.45, 7) is 7.18. The third-order valence-corrected chi connectivity index (χ3v) is 9.50. The third kappa shape index (κ3) is 4.53. The summed E-state index contributed by atoms with van der Waals surface area (Å²) in [6, 6.07) is 21.0. The predicted molar refractivity (Wildman–Crippen MR) is 112 cm³/mol. The van der Waals surface area contributed by atoms with Crippen molar-refractivity contribution in [2.24, 2.45) is 0 Å². The van der Waals surface area contributed by atoms with Crippen molar-refractivity contribution in [2.75, 3.05) is 6.61 Å². The van der Waals surface area contributed by atoms with E-state index in [1.165, 1.54) is 10.4 Å². The molecule has 0 fully saturated rings. The molecule has 0 aliphatic carbocycles. The van der Waals surface area contributed by atoms with Crippen LogP contribution >= 0.6 is 0 Å². The lowest BCUT2D eigenvalue weighted by molar-refractivity contribution is 0.228. The van der Waals surface area contributed by atoms with E-state index in [-0.39, 0.29) is 5.04 Å². The molecule has 2 aromatic rings. The number of aliphatic hydroxyl groups excluding tert-OH is 1. The molecule has 0 amide bonds. The van der Waals surface area contributed by atoms with Gasteiger partial charge in [-0.25, -0.2) is 0 Å². The minimum absolute atomic E-state index is 0.0546. The predicted octanol–water partition coefficient (Wildman–Crippen LogP) is 3.50. The number of hydrogen-bond acceptors (Lipinski definition) is 2. The average molecular weight is 365 g/mol. The van der Waals surface area contributed by atoms with Crippen LogP contribution in [0.1, 0.15) is 27.2 Å². The molecule has 0 spiro atoms. The molecule has 0 saturated heterocycles. The summed E-state index contributed by atoms with van der Waals surface area (Å²) in [6.07, 6.45) is 8.53. The molecule has 2 aromatic carbocycles. The van der Waals surface area contributed by atoms with Gasteiger partial charge in [0, 0.05) is 6.42 Å². The molecule has 26 heavy (non-hydrogen) atoms. The summed E-state index contributed by atoms with van der Waals surface area (Å²) >= 11 is 0. The maximum atomic E-state index is 9.80. The van der Waals surface area contributed by atoms with E-state index in [1.807, 2.05) is 18.2 Å². The first kappa shape index (κ1) is 20.2. The van der Waals surface area contributed by atoms with Gasteiger partial charge in [0.05, 0.1) is 12.7 Å². The molecule has 2 rings (SSSR count). The van der Waals surface area contributed by atoms with Crippen LogP contribution in [0.15, 0.2) is 72.8 Å². The van der Waals surface area contributed by atoms with Gasteiger partial charge in [-0.1, -0.05) is 93.6 Å². The summed E-state index contributed by atoms with van der Waals surface area (Å²) in [4.78, 5) is 0. The SMILES string of the molecule is C#CC[C@H](O)/C=C/CO[Si](c1ccccc1)(c1ccccc1)C(C)(C)C. The lowest BCUT2D eigenvalue weighted by Gasteiger charge is -2.42. The first-order valence-electron chi connectivity index (χ1n) is 8.95. The molecule has 0 heterocycles. The highest BCUT2D eigenvalue weighted by molar-refractivity contribution is 6.99. The molecule has 0 aliphatic rings. The molecule has 0 unspecified atom stereocenters. The van der Waals surface area contributed by atoms with E-state index in [1.54, 1.807) is 6.08 Å². The van der Waals surface area contributed by atoms with Crippen molar-refractivity contribution >= 4 is 18.7 Å². The second kappa shape index (κ2) is 9.00. The fraction of sp³-hybridized carbons (Fsp3) is 0.304. The first-order chi connectivity index (χ1) is 12.4. The second-order valence-corrected chi connectivity index (χ2v) is 11.7.